The molecule has 0 aliphatic carbocycles. The van der Waals surface area contributed by atoms with Crippen LogP contribution in [0.15, 0.2) is 91.0 Å². The first-order valence-corrected chi connectivity index (χ1v) is 10.2. The molecular formula is C28H20O2. The van der Waals surface area contributed by atoms with Gasteiger partial charge in [-0.15, -0.1) is 0 Å². The summed E-state index contributed by atoms with van der Waals surface area (Å²) in [6, 6.07) is 31.9. The van der Waals surface area contributed by atoms with Gasteiger partial charge in [-0.05, 0) is 50.7 Å². The molecule has 0 spiro atoms. The van der Waals surface area contributed by atoms with Crippen molar-refractivity contribution in [3.63, 3.8) is 0 Å². The largest absolute Gasteiger partial charge is 0.496 e. The second-order valence-electron chi connectivity index (χ2n) is 7.68. The van der Waals surface area contributed by atoms with Crippen molar-refractivity contribution in [2.75, 3.05) is 7.11 Å². The third-order valence-electron chi connectivity index (χ3n) is 6.07. The number of methoxy groups -OCH3 is 1. The van der Waals surface area contributed by atoms with E-state index in [1.807, 2.05) is 12.1 Å². The van der Waals surface area contributed by atoms with E-state index in [4.69, 9.17) is 9.47 Å². The molecule has 0 bridgehead atoms. The molecule has 0 aliphatic heterocycles. The molecule has 0 saturated heterocycles. The van der Waals surface area contributed by atoms with Gasteiger partial charge >= 0.3 is 0 Å². The summed E-state index contributed by atoms with van der Waals surface area (Å²) < 4.78 is 11.9. The highest BCUT2D eigenvalue weighted by Crippen LogP contribution is 2.39. The van der Waals surface area contributed by atoms with Crippen molar-refractivity contribution in [1.82, 2.24) is 0 Å². The third-order valence-corrected chi connectivity index (χ3v) is 6.07. The predicted octanol–water partition coefficient (Wildman–Crippen LogP) is 7.32. The maximum atomic E-state index is 6.39. The van der Waals surface area contributed by atoms with Crippen LogP contribution in [0.25, 0.3) is 43.1 Å². The van der Waals surface area contributed by atoms with Crippen LogP contribution < -0.4 is 9.47 Å². The van der Waals surface area contributed by atoms with Gasteiger partial charge in [-0.2, -0.15) is 0 Å². The minimum absolute atomic E-state index is 0.508. The quantitative estimate of drug-likeness (QED) is 0.294. The molecule has 0 saturated carbocycles. The van der Waals surface area contributed by atoms with Crippen LogP contribution in [0.5, 0.6) is 11.5 Å². The van der Waals surface area contributed by atoms with Crippen LogP contribution in [0.4, 0.5) is 0 Å². The summed E-state index contributed by atoms with van der Waals surface area (Å²) in [4.78, 5) is 0. The Labute approximate surface area is 174 Å². The summed E-state index contributed by atoms with van der Waals surface area (Å²) in [7, 11) is 1.71. The van der Waals surface area contributed by atoms with Crippen LogP contribution in [0.2, 0.25) is 0 Å². The van der Waals surface area contributed by atoms with Crippen molar-refractivity contribution in [1.29, 1.82) is 0 Å². The van der Waals surface area contributed by atoms with Gasteiger partial charge in [0.15, 0.2) is 0 Å². The van der Waals surface area contributed by atoms with Crippen LogP contribution in [-0.2, 0) is 6.61 Å². The lowest BCUT2D eigenvalue weighted by Gasteiger charge is -2.16. The van der Waals surface area contributed by atoms with Crippen LogP contribution >= 0.6 is 0 Å². The Bertz CT molecular complexity index is 1520. The summed E-state index contributed by atoms with van der Waals surface area (Å²) in [6.07, 6.45) is 0. The molecule has 0 radical (unpaired) electrons. The number of fused-ring (bicyclic) bond motifs is 1. The van der Waals surface area contributed by atoms with Gasteiger partial charge in [0.1, 0.15) is 18.1 Å². The lowest BCUT2D eigenvalue weighted by atomic mass is 9.94. The maximum absolute atomic E-state index is 6.39. The van der Waals surface area contributed by atoms with Gasteiger partial charge in [-0.25, -0.2) is 0 Å². The van der Waals surface area contributed by atoms with Crippen molar-refractivity contribution in [3.05, 3.63) is 96.6 Å². The minimum Gasteiger partial charge on any atom is -0.496 e. The van der Waals surface area contributed by atoms with Crippen LogP contribution in [-0.4, -0.2) is 7.11 Å². The van der Waals surface area contributed by atoms with E-state index in [1.165, 1.54) is 26.9 Å². The molecule has 6 aromatic carbocycles. The monoisotopic (exact) mass is 388 g/mol. The Hall–Kier alpha value is -3.78. The van der Waals surface area contributed by atoms with Gasteiger partial charge in [0.05, 0.1) is 7.11 Å². The fourth-order valence-electron chi connectivity index (χ4n) is 4.63. The normalized spacial score (nSPS) is 11.6. The summed E-state index contributed by atoms with van der Waals surface area (Å²) in [5, 5.41) is 9.81. The van der Waals surface area contributed by atoms with E-state index in [2.05, 4.69) is 78.9 Å². The topological polar surface area (TPSA) is 18.5 Å². The zero-order valence-corrected chi connectivity index (χ0v) is 16.7. The Morgan fingerprint density at radius 2 is 1.20 bits per heavy atom. The number of hydrogen-bond donors (Lipinski definition) is 0. The lowest BCUT2D eigenvalue weighted by molar-refractivity contribution is 0.311. The molecule has 0 heterocycles. The van der Waals surface area contributed by atoms with Crippen molar-refractivity contribution < 1.29 is 9.47 Å². The molecule has 0 amide bonds. The molecule has 2 heteroatoms. The van der Waals surface area contributed by atoms with Gasteiger partial charge in [-0.3, -0.25) is 0 Å². The highest BCUT2D eigenvalue weighted by Gasteiger charge is 2.12. The fraction of sp³-hybridized carbons (Fsp3) is 0.0714. The highest BCUT2D eigenvalue weighted by molar-refractivity contribution is 6.24. The Morgan fingerprint density at radius 1 is 0.533 bits per heavy atom. The zero-order valence-electron chi connectivity index (χ0n) is 16.7. The van der Waals surface area contributed by atoms with E-state index < -0.39 is 0 Å². The van der Waals surface area contributed by atoms with Crippen LogP contribution in [0, 0.1) is 0 Å². The zero-order chi connectivity index (χ0) is 20.1. The first-order chi connectivity index (χ1) is 14.8. The molecule has 6 rings (SSSR count). The van der Waals surface area contributed by atoms with Crippen LogP contribution in [0.3, 0.4) is 0 Å². The average molecular weight is 388 g/mol. The smallest absolute Gasteiger partial charge is 0.127 e. The molecule has 2 nitrogen and oxygen atoms in total. The molecule has 0 aliphatic rings. The van der Waals surface area contributed by atoms with Gasteiger partial charge in [-0.1, -0.05) is 72.8 Å². The number of rotatable bonds is 4. The Morgan fingerprint density at radius 3 is 2.00 bits per heavy atom. The SMILES string of the molecule is COc1ccc(COc2ccc3ccc4cccc5ccc2c3c45)c2ccccc12. The first-order valence-electron chi connectivity index (χ1n) is 10.2. The predicted molar refractivity (Wildman–Crippen MR) is 125 cm³/mol. The summed E-state index contributed by atoms with van der Waals surface area (Å²) in [5.41, 5.74) is 1.15. The number of ether oxygens (including phenoxy) is 2. The second-order valence-corrected chi connectivity index (χ2v) is 7.68. The van der Waals surface area contributed by atoms with E-state index in [-0.39, 0.29) is 0 Å². The molecule has 0 unspecified atom stereocenters. The van der Waals surface area contributed by atoms with Crippen molar-refractivity contribution >= 4 is 43.1 Å². The standard InChI is InChI=1S/C28H20O2/c1-29-25-15-13-21(22-7-2-3-8-23(22)25)17-30-26-16-12-20-10-9-18-5-4-6-19-11-14-24(26)28(20)27(18)19/h2-16H,17H2,1H3. The lowest BCUT2D eigenvalue weighted by Crippen LogP contribution is -1.98. The van der Waals surface area contributed by atoms with Crippen molar-refractivity contribution in [3.8, 4) is 11.5 Å². The molecule has 0 N–H and O–H groups in total. The summed E-state index contributed by atoms with van der Waals surface area (Å²) in [5.74, 6) is 1.80. The first kappa shape index (κ1) is 17.1. The van der Waals surface area contributed by atoms with Gasteiger partial charge < -0.3 is 9.47 Å². The molecule has 0 aromatic heterocycles. The van der Waals surface area contributed by atoms with Gasteiger partial charge in [0.2, 0.25) is 0 Å². The van der Waals surface area contributed by atoms with E-state index in [0.717, 1.165) is 33.2 Å². The van der Waals surface area contributed by atoms with E-state index in [1.54, 1.807) is 7.11 Å². The number of benzene rings is 6. The van der Waals surface area contributed by atoms with E-state index in [0.29, 0.717) is 6.61 Å². The Balaban J connectivity index is 1.46. The van der Waals surface area contributed by atoms with E-state index >= 15 is 0 Å². The van der Waals surface area contributed by atoms with Crippen LogP contribution in [0.1, 0.15) is 5.56 Å². The summed E-state index contributed by atoms with van der Waals surface area (Å²) in [6.45, 7) is 0.508. The molecule has 0 atom stereocenters. The maximum Gasteiger partial charge on any atom is 0.127 e. The molecule has 0 fully saturated rings. The van der Waals surface area contributed by atoms with Gasteiger partial charge in [0, 0.05) is 16.2 Å². The van der Waals surface area contributed by atoms with Crippen molar-refractivity contribution in [2.24, 2.45) is 0 Å². The van der Waals surface area contributed by atoms with E-state index in [9.17, 15) is 0 Å². The Kier molecular flexibility index (Phi) is 3.78. The minimum atomic E-state index is 0.508. The number of hydrogen-bond acceptors (Lipinski definition) is 2. The molecular weight excluding hydrogens is 368 g/mol. The highest BCUT2D eigenvalue weighted by atomic mass is 16.5. The molecule has 30 heavy (non-hydrogen) atoms. The second kappa shape index (κ2) is 6.64. The molecule has 144 valence electrons. The van der Waals surface area contributed by atoms with Crippen molar-refractivity contribution in [2.45, 2.75) is 6.61 Å². The average Bonchev–Trinajstić information content (AvgIpc) is 2.81. The fourth-order valence-corrected chi connectivity index (χ4v) is 4.63. The molecule has 6 aromatic rings. The third kappa shape index (κ3) is 2.50. The summed E-state index contributed by atoms with van der Waals surface area (Å²) >= 11 is 0. The van der Waals surface area contributed by atoms with Gasteiger partial charge in [0.25, 0.3) is 0 Å².